The summed E-state index contributed by atoms with van der Waals surface area (Å²) < 4.78 is 0. The lowest BCUT2D eigenvalue weighted by molar-refractivity contribution is 0.175. The largest absolute Gasteiger partial charge is 0.392 e. The second kappa shape index (κ2) is 4.79. The lowest BCUT2D eigenvalue weighted by atomic mass is 10.0. The number of β-amino-alcohol motifs (C(OH)–C–C–N with tert-alkyl or cyclic N) is 1. The molecule has 4 nitrogen and oxygen atoms in total. The van der Waals surface area contributed by atoms with E-state index >= 15 is 0 Å². The summed E-state index contributed by atoms with van der Waals surface area (Å²) in [6, 6.07) is 7.70. The Labute approximate surface area is 111 Å². The van der Waals surface area contributed by atoms with Gasteiger partial charge in [0.1, 0.15) is 0 Å². The molecule has 2 heterocycles. The van der Waals surface area contributed by atoms with E-state index in [2.05, 4.69) is 9.88 Å². The Morgan fingerprint density at radius 2 is 2.11 bits per heavy atom. The van der Waals surface area contributed by atoms with Crippen molar-refractivity contribution in [3.8, 4) is 0 Å². The molecule has 1 aliphatic heterocycles. The maximum atomic E-state index is 11.9. The van der Waals surface area contributed by atoms with Crippen LogP contribution in [0.5, 0.6) is 0 Å². The molecule has 0 aliphatic carbocycles. The number of aliphatic hydroxyl groups is 1. The molecule has 0 bridgehead atoms. The van der Waals surface area contributed by atoms with Gasteiger partial charge < -0.3 is 10.1 Å². The van der Waals surface area contributed by atoms with Gasteiger partial charge in [-0.3, -0.25) is 9.69 Å². The fourth-order valence-corrected chi connectivity index (χ4v) is 2.84. The van der Waals surface area contributed by atoms with Crippen LogP contribution in [-0.4, -0.2) is 34.2 Å². The van der Waals surface area contributed by atoms with E-state index in [0.29, 0.717) is 6.54 Å². The van der Waals surface area contributed by atoms with Crippen molar-refractivity contribution < 1.29 is 5.11 Å². The summed E-state index contributed by atoms with van der Waals surface area (Å²) in [6.45, 7) is 4.34. The first-order chi connectivity index (χ1) is 9.15. The molecule has 1 aliphatic rings. The van der Waals surface area contributed by atoms with Gasteiger partial charge in [0.2, 0.25) is 0 Å². The number of nitrogens with one attached hydrogen (secondary N) is 1. The normalized spacial score (nSPS) is 20.2. The van der Waals surface area contributed by atoms with E-state index in [1.807, 2.05) is 31.2 Å². The van der Waals surface area contributed by atoms with Crippen molar-refractivity contribution in [2.45, 2.75) is 26.0 Å². The molecule has 2 aromatic rings. The second-order valence-corrected chi connectivity index (χ2v) is 5.28. The predicted octanol–water partition coefficient (Wildman–Crippen LogP) is 1.40. The molecule has 2 N–H and O–H groups in total. The third-order valence-corrected chi connectivity index (χ3v) is 3.88. The molecule has 3 rings (SSSR count). The van der Waals surface area contributed by atoms with E-state index < -0.39 is 0 Å². The van der Waals surface area contributed by atoms with E-state index in [1.54, 1.807) is 0 Å². The lowest BCUT2D eigenvalue weighted by Crippen LogP contribution is -2.23. The van der Waals surface area contributed by atoms with Gasteiger partial charge in [-0.2, -0.15) is 0 Å². The van der Waals surface area contributed by atoms with Crippen LogP contribution in [0.3, 0.4) is 0 Å². The van der Waals surface area contributed by atoms with Gasteiger partial charge in [0, 0.05) is 30.7 Å². The second-order valence-electron chi connectivity index (χ2n) is 5.28. The monoisotopic (exact) mass is 258 g/mol. The van der Waals surface area contributed by atoms with Crippen LogP contribution in [0.25, 0.3) is 10.8 Å². The molecule has 0 saturated carbocycles. The Bertz CT molecular complexity index is 663. The Kier molecular flexibility index (Phi) is 3.12. The summed E-state index contributed by atoms with van der Waals surface area (Å²) in [5.41, 5.74) is 2.05. The average molecular weight is 258 g/mol. The van der Waals surface area contributed by atoms with Crippen molar-refractivity contribution in [1.82, 2.24) is 9.88 Å². The minimum absolute atomic E-state index is 0.0293. The first-order valence-corrected chi connectivity index (χ1v) is 6.66. The molecule has 1 unspecified atom stereocenters. The molecular formula is C15H18N2O2. The fraction of sp³-hybridized carbons (Fsp3) is 0.400. The highest BCUT2D eigenvalue weighted by atomic mass is 16.3. The van der Waals surface area contributed by atoms with Crippen molar-refractivity contribution >= 4 is 10.8 Å². The molecule has 100 valence electrons. The number of aryl methyl sites for hydroxylation is 1. The Balaban J connectivity index is 2.05. The molecule has 0 radical (unpaired) electrons. The van der Waals surface area contributed by atoms with E-state index in [9.17, 15) is 9.90 Å². The zero-order valence-corrected chi connectivity index (χ0v) is 11.0. The highest BCUT2D eigenvalue weighted by Gasteiger charge is 2.21. The van der Waals surface area contributed by atoms with E-state index in [1.165, 1.54) is 0 Å². The van der Waals surface area contributed by atoms with Gasteiger partial charge in [-0.1, -0.05) is 18.2 Å². The third-order valence-electron chi connectivity index (χ3n) is 3.88. The zero-order chi connectivity index (χ0) is 13.4. The standard InChI is InChI=1S/C15H18N2O2/c1-10-14(9-17-7-6-11(18)8-17)12-4-2-3-5-13(12)15(19)16-10/h2-5,11,18H,6-9H2,1H3,(H,16,19). The van der Waals surface area contributed by atoms with Crippen LogP contribution >= 0.6 is 0 Å². The third kappa shape index (κ3) is 2.29. The molecule has 19 heavy (non-hydrogen) atoms. The predicted molar refractivity (Wildman–Crippen MR) is 75.2 cm³/mol. The van der Waals surface area contributed by atoms with Gasteiger partial charge in [0.05, 0.1) is 6.10 Å². The number of aliphatic hydroxyl groups excluding tert-OH is 1. The molecule has 0 amide bonds. The number of H-pyrrole nitrogens is 1. The minimum Gasteiger partial charge on any atom is -0.392 e. The van der Waals surface area contributed by atoms with E-state index in [0.717, 1.165) is 41.5 Å². The quantitative estimate of drug-likeness (QED) is 0.856. The number of fused-ring (bicyclic) bond motifs is 1. The maximum absolute atomic E-state index is 11.9. The molecule has 4 heteroatoms. The molecule has 1 atom stereocenters. The summed E-state index contributed by atoms with van der Waals surface area (Å²) in [5, 5.41) is 11.4. The van der Waals surface area contributed by atoms with Gasteiger partial charge >= 0.3 is 0 Å². The van der Waals surface area contributed by atoms with Crippen molar-refractivity contribution in [2.75, 3.05) is 13.1 Å². The molecular weight excluding hydrogens is 240 g/mol. The number of likely N-dealkylation sites (tertiary alicyclic amines) is 1. The Morgan fingerprint density at radius 1 is 1.37 bits per heavy atom. The van der Waals surface area contributed by atoms with Crippen LogP contribution in [0.2, 0.25) is 0 Å². The van der Waals surface area contributed by atoms with Gasteiger partial charge in [0.25, 0.3) is 5.56 Å². The summed E-state index contributed by atoms with van der Waals surface area (Å²) in [6.07, 6.45) is 0.620. The summed E-state index contributed by atoms with van der Waals surface area (Å²) >= 11 is 0. The number of benzene rings is 1. The smallest absolute Gasteiger partial charge is 0.256 e. The molecule has 1 fully saturated rings. The lowest BCUT2D eigenvalue weighted by Gasteiger charge is -2.18. The fourth-order valence-electron chi connectivity index (χ4n) is 2.84. The minimum atomic E-state index is -0.214. The number of aromatic nitrogens is 1. The summed E-state index contributed by atoms with van der Waals surface area (Å²) in [7, 11) is 0. The maximum Gasteiger partial charge on any atom is 0.256 e. The Morgan fingerprint density at radius 3 is 2.79 bits per heavy atom. The molecule has 1 aromatic heterocycles. The topological polar surface area (TPSA) is 56.3 Å². The van der Waals surface area contributed by atoms with Crippen LogP contribution in [0.15, 0.2) is 29.1 Å². The first kappa shape index (κ1) is 12.4. The van der Waals surface area contributed by atoms with Crippen molar-refractivity contribution in [3.63, 3.8) is 0 Å². The van der Waals surface area contributed by atoms with Gasteiger partial charge in [-0.05, 0) is 30.4 Å². The van der Waals surface area contributed by atoms with Crippen LogP contribution in [0, 0.1) is 6.92 Å². The molecule has 1 saturated heterocycles. The number of hydrogen-bond acceptors (Lipinski definition) is 3. The summed E-state index contributed by atoms with van der Waals surface area (Å²) in [5.74, 6) is 0. The van der Waals surface area contributed by atoms with Crippen LogP contribution < -0.4 is 5.56 Å². The van der Waals surface area contributed by atoms with E-state index in [4.69, 9.17) is 0 Å². The first-order valence-electron chi connectivity index (χ1n) is 6.66. The van der Waals surface area contributed by atoms with Crippen LogP contribution in [0.1, 0.15) is 17.7 Å². The molecule has 1 aromatic carbocycles. The van der Waals surface area contributed by atoms with Crippen LogP contribution in [0.4, 0.5) is 0 Å². The van der Waals surface area contributed by atoms with Gasteiger partial charge in [-0.25, -0.2) is 0 Å². The van der Waals surface area contributed by atoms with Crippen molar-refractivity contribution in [2.24, 2.45) is 0 Å². The van der Waals surface area contributed by atoms with E-state index in [-0.39, 0.29) is 11.7 Å². The zero-order valence-electron chi connectivity index (χ0n) is 11.0. The Hall–Kier alpha value is -1.65. The number of aromatic amines is 1. The van der Waals surface area contributed by atoms with Gasteiger partial charge in [0.15, 0.2) is 0 Å². The number of nitrogens with zero attached hydrogens (tertiary/aromatic N) is 1. The highest BCUT2D eigenvalue weighted by Crippen LogP contribution is 2.21. The van der Waals surface area contributed by atoms with Crippen LogP contribution in [-0.2, 0) is 6.54 Å². The average Bonchev–Trinajstić information content (AvgIpc) is 2.80. The number of pyridine rings is 1. The highest BCUT2D eigenvalue weighted by molar-refractivity contribution is 5.85. The van der Waals surface area contributed by atoms with Gasteiger partial charge in [-0.15, -0.1) is 0 Å². The number of rotatable bonds is 2. The van der Waals surface area contributed by atoms with Crippen molar-refractivity contribution in [1.29, 1.82) is 0 Å². The van der Waals surface area contributed by atoms with Crippen molar-refractivity contribution in [3.05, 3.63) is 45.9 Å². The summed E-state index contributed by atoms with van der Waals surface area (Å²) in [4.78, 5) is 17.1. The SMILES string of the molecule is Cc1[nH]c(=O)c2ccccc2c1CN1CCC(O)C1. The number of hydrogen-bond donors (Lipinski definition) is 2. The molecule has 0 spiro atoms.